The summed E-state index contributed by atoms with van der Waals surface area (Å²) in [5.41, 5.74) is -4.10. The summed E-state index contributed by atoms with van der Waals surface area (Å²) in [6.45, 7) is 16.5. The van der Waals surface area contributed by atoms with Crippen LogP contribution < -0.4 is 0 Å². The molecule has 0 heterocycles. The van der Waals surface area contributed by atoms with Gasteiger partial charge in [0.1, 0.15) is 11.9 Å². The van der Waals surface area contributed by atoms with Gasteiger partial charge in [0.25, 0.3) is 5.60 Å². The largest absolute Gasteiger partial charge is 0.452 e. The third-order valence-corrected chi connectivity index (χ3v) is 14.0. The minimum absolute atomic E-state index is 0.00909. The Kier molecular flexibility index (Phi) is 9.29. The average Bonchev–Trinajstić information content (AvgIpc) is 3.28. The van der Waals surface area contributed by atoms with Crippen LogP contribution in [0.15, 0.2) is 54.1 Å². The number of fused-ring (bicyclic) bond motifs is 5. The average molecular weight is 673 g/mol. The van der Waals surface area contributed by atoms with E-state index in [0.717, 1.165) is 45.6 Å². The molecule has 8 heteroatoms. The molecular formula is C40H55F3O5. The molecule has 0 spiro atoms. The number of methoxy groups -OCH3 is 1. The van der Waals surface area contributed by atoms with E-state index in [4.69, 9.17) is 9.47 Å². The smallest absolute Gasteiger partial charge is 0.432 e. The third-order valence-electron chi connectivity index (χ3n) is 14.0. The number of Topliss-reactive ketones (excluding diaryl/α,β-unsaturated/α-hetero) is 1. The standard InChI is InChI=1S/C40H55F3O5/c1-25(15-18-32(35(4,5)46)48-33(45)39(47-9,40(41,42)43)26-13-11-10-12-14-26)27-19-23-38(8)29-16-17-30-34(2,3)31(44)21-22-36(30,6)28(29)20-24-37(27,38)7/h10-16,18,25,27-28,30,32,46H,17,19-24H2,1-9H3/b18-15+/t25-,27-,28-,30-,32-,36+,37-,38+,39+/m0/s1. The molecule has 0 radical (unpaired) electrons. The molecule has 4 aliphatic rings. The Bertz CT molecular complexity index is 1460. The molecule has 5 nitrogen and oxygen atoms in total. The maximum atomic E-state index is 14.6. The van der Waals surface area contributed by atoms with E-state index in [-0.39, 0.29) is 33.5 Å². The first-order valence-electron chi connectivity index (χ1n) is 17.6. The summed E-state index contributed by atoms with van der Waals surface area (Å²) >= 11 is 0. The van der Waals surface area contributed by atoms with E-state index >= 15 is 0 Å². The molecule has 1 aromatic carbocycles. The Hall–Kier alpha value is -2.45. The third kappa shape index (κ3) is 5.43. The number of allylic oxidation sites excluding steroid dienone is 3. The Morgan fingerprint density at radius 2 is 1.65 bits per heavy atom. The predicted molar refractivity (Wildman–Crippen MR) is 180 cm³/mol. The van der Waals surface area contributed by atoms with E-state index in [0.29, 0.717) is 24.0 Å². The lowest BCUT2D eigenvalue weighted by molar-refractivity contribution is -0.279. The van der Waals surface area contributed by atoms with Crippen LogP contribution in [-0.4, -0.2) is 41.9 Å². The fourth-order valence-electron chi connectivity index (χ4n) is 10.8. The van der Waals surface area contributed by atoms with Crippen LogP contribution in [-0.2, 0) is 24.7 Å². The maximum absolute atomic E-state index is 14.6. The molecule has 4 aliphatic carbocycles. The van der Waals surface area contributed by atoms with Gasteiger partial charge in [0.2, 0.25) is 0 Å². The van der Waals surface area contributed by atoms with Crippen molar-refractivity contribution in [3.8, 4) is 0 Å². The van der Waals surface area contributed by atoms with Gasteiger partial charge >= 0.3 is 12.1 Å². The van der Waals surface area contributed by atoms with Crippen LogP contribution in [0.5, 0.6) is 0 Å². The molecule has 0 saturated heterocycles. The Morgan fingerprint density at radius 3 is 2.23 bits per heavy atom. The molecule has 0 bridgehead atoms. The van der Waals surface area contributed by atoms with Crippen molar-refractivity contribution in [2.75, 3.05) is 7.11 Å². The van der Waals surface area contributed by atoms with Gasteiger partial charge in [-0.15, -0.1) is 0 Å². The van der Waals surface area contributed by atoms with Gasteiger partial charge in [-0.3, -0.25) is 4.79 Å². The minimum Gasteiger partial charge on any atom is -0.452 e. The maximum Gasteiger partial charge on any atom is 0.432 e. The highest BCUT2D eigenvalue weighted by Gasteiger charge is 2.66. The summed E-state index contributed by atoms with van der Waals surface area (Å²) < 4.78 is 54.2. The van der Waals surface area contributed by atoms with Crippen molar-refractivity contribution in [3.63, 3.8) is 0 Å². The zero-order chi connectivity index (χ0) is 35.7. The molecule has 48 heavy (non-hydrogen) atoms. The highest BCUT2D eigenvalue weighted by molar-refractivity contribution is 5.85. The van der Waals surface area contributed by atoms with E-state index < -0.39 is 35.0 Å². The molecule has 3 saturated carbocycles. The predicted octanol–water partition coefficient (Wildman–Crippen LogP) is 9.14. The van der Waals surface area contributed by atoms with Crippen molar-refractivity contribution in [2.24, 2.45) is 45.3 Å². The molecule has 0 amide bonds. The van der Waals surface area contributed by atoms with Crippen molar-refractivity contribution in [3.05, 3.63) is 59.7 Å². The summed E-state index contributed by atoms with van der Waals surface area (Å²) in [6, 6.07) is 6.72. The second kappa shape index (κ2) is 12.1. The first-order chi connectivity index (χ1) is 22.1. The Labute approximate surface area is 284 Å². The van der Waals surface area contributed by atoms with Crippen molar-refractivity contribution < 1.29 is 37.3 Å². The summed E-state index contributed by atoms with van der Waals surface area (Å²) in [6.07, 6.45) is 6.16. The van der Waals surface area contributed by atoms with Gasteiger partial charge in [0, 0.05) is 24.5 Å². The van der Waals surface area contributed by atoms with Crippen LogP contribution >= 0.6 is 0 Å². The van der Waals surface area contributed by atoms with Crippen molar-refractivity contribution >= 4 is 11.8 Å². The molecular weight excluding hydrogens is 617 g/mol. The zero-order valence-corrected chi connectivity index (χ0v) is 30.2. The lowest BCUT2D eigenvalue weighted by Gasteiger charge is -2.63. The van der Waals surface area contributed by atoms with Gasteiger partial charge in [-0.05, 0) is 98.4 Å². The second-order valence-electron chi connectivity index (χ2n) is 17.1. The topological polar surface area (TPSA) is 72.8 Å². The first-order valence-corrected chi connectivity index (χ1v) is 17.6. The number of carbonyl (C=O) groups excluding carboxylic acids is 2. The lowest BCUT2D eigenvalue weighted by Crippen LogP contribution is -2.57. The number of carbonyl (C=O) groups is 2. The molecule has 0 unspecified atom stereocenters. The number of hydrogen-bond donors (Lipinski definition) is 1. The van der Waals surface area contributed by atoms with Gasteiger partial charge < -0.3 is 14.6 Å². The molecule has 1 N–H and O–H groups in total. The number of aliphatic hydroxyl groups is 1. The van der Waals surface area contributed by atoms with E-state index in [1.165, 1.54) is 38.1 Å². The molecule has 0 aliphatic heterocycles. The van der Waals surface area contributed by atoms with E-state index in [1.807, 2.05) is 6.08 Å². The lowest BCUT2D eigenvalue weighted by atomic mass is 9.41. The quantitative estimate of drug-likeness (QED) is 0.220. The van der Waals surface area contributed by atoms with Gasteiger partial charge in [-0.2, -0.15) is 13.2 Å². The van der Waals surface area contributed by atoms with E-state index in [1.54, 1.807) is 17.7 Å². The van der Waals surface area contributed by atoms with Crippen LogP contribution in [0.3, 0.4) is 0 Å². The fraction of sp³-hybridized carbons (Fsp3) is 0.700. The molecule has 9 atom stereocenters. The normalized spacial score (nSPS) is 35.9. The van der Waals surface area contributed by atoms with Gasteiger partial charge in [-0.1, -0.05) is 89.6 Å². The van der Waals surface area contributed by atoms with Crippen LogP contribution in [0, 0.1) is 45.3 Å². The number of rotatable bonds is 8. The molecule has 3 fully saturated rings. The Morgan fingerprint density at radius 1 is 1.00 bits per heavy atom. The first kappa shape index (κ1) is 36.8. The molecule has 266 valence electrons. The summed E-state index contributed by atoms with van der Waals surface area (Å²) in [5, 5.41) is 11.0. The van der Waals surface area contributed by atoms with Crippen LogP contribution in [0.4, 0.5) is 13.2 Å². The van der Waals surface area contributed by atoms with E-state index in [9.17, 15) is 27.9 Å². The molecule has 5 rings (SSSR count). The zero-order valence-electron chi connectivity index (χ0n) is 30.2. The van der Waals surface area contributed by atoms with E-state index in [2.05, 4.69) is 47.6 Å². The Balaban J connectivity index is 1.40. The minimum atomic E-state index is -5.11. The number of ether oxygens (including phenoxy) is 2. The van der Waals surface area contributed by atoms with Gasteiger partial charge in [0.05, 0.1) is 5.60 Å². The van der Waals surface area contributed by atoms with Gasteiger partial charge in [-0.25, -0.2) is 4.79 Å². The number of benzene rings is 1. The fourth-order valence-corrected chi connectivity index (χ4v) is 10.8. The van der Waals surface area contributed by atoms with Crippen LogP contribution in [0.25, 0.3) is 0 Å². The van der Waals surface area contributed by atoms with Gasteiger partial charge in [0.15, 0.2) is 0 Å². The highest BCUT2D eigenvalue weighted by atomic mass is 19.4. The van der Waals surface area contributed by atoms with Crippen LogP contribution in [0.1, 0.15) is 106 Å². The van der Waals surface area contributed by atoms with Crippen molar-refractivity contribution in [2.45, 2.75) is 124 Å². The summed E-state index contributed by atoms with van der Waals surface area (Å²) in [7, 11) is 0.836. The van der Waals surface area contributed by atoms with Crippen molar-refractivity contribution in [1.82, 2.24) is 0 Å². The summed E-state index contributed by atoms with van der Waals surface area (Å²) in [4.78, 5) is 26.4. The molecule has 0 aromatic heterocycles. The number of alkyl halides is 3. The number of halogens is 3. The number of ketones is 1. The summed E-state index contributed by atoms with van der Waals surface area (Å²) in [5.74, 6) is -0.160. The monoisotopic (exact) mass is 672 g/mol. The second-order valence-corrected chi connectivity index (χ2v) is 17.1. The molecule has 1 aromatic rings. The van der Waals surface area contributed by atoms with Crippen molar-refractivity contribution in [1.29, 1.82) is 0 Å². The SMILES string of the molecule is CO[C@@](C(=O)O[C@@H](/C=C/[C@H](C)[C@@H]1CC[C@]2(C)C3=CC[C@H]4C(C)(C)C(=O)CC[C@]4(C)[C@H]3CC[C@@]12C)C(C)(C)O)(c1ccccc1)C(F)(F)F. The number of esters is 1. The number of hydrogen-bond acceptors (Lipinski definition) is 5. The highest BCUT2D eigenvalue weighted by Crippen LogP contribution is 2.73. The van der Waals surface area contributed by atoms with Crippen LogP contribution in [0.2, 0.25) is 0 Å².